The van der Waals surface area contributed by atoms with E-state index in [1.54, 1.807) is 6.20 Å². The van der Waals surface area contributed by atoms with Gasteiger partial charge in [0.25, 0.3) is 5.91 Å². The fraction of sp³-hybridized carbons (Fsp3) is 0.292. The average molecular weight is 417 g/mol. The minimum absolute atomic E-state index is 0.0721. The SMILES string of the molecule is CC1=C(C(=O)Nc2cc(C)ccn2)[C@H](c2ccc3c(c2)OCO3)C2=C(CCCC2=O)N1. The molecule has 0 saturated heterocycles. The number of anilines is 1. The van der Waals surface area contributed by atoms with E-state index in [-0.39, 0.29) is 18.5 Å². The third kappa shape index (κ3) is 3.46. The minimum Gasteiger partial charge on any atom is -0.454 e. The fourth-order valence-electron chi connectivity index (χ4n) is 4.50. The highest BCUT2D eigenvalue weighted by atomic mass is 16.7. The molecule has 0 radical (unpaired) electrons. The van der Waals surface area contributed by atoms with Crippen molar-refractivity contribution in [3.8, 4) is 11.5 Å². The zero-order valence-electron chi connectivity index (χ0n) is 17.5. The highest BCUT2D eigenvalue weighted by Gasteiger charge is 2.39. The largest absolute Gasteiger partial charge is 0.454 e. The normalized spacial score (nSPS) is 19.8. The number of benzene rings is 1. The van der Waals surface area contributed by atoms with Gasteiger partial charge in [0.15, 0.2) is 17.3 Å². The molecule has 3 aliphatic rings. The van der Waals surface area contributed by atoms with Crippen LogP contribution < -0.4 is 20.1 Å². The number of hydrogen-bond donors (Lipinski definition) is 2. The van der Waals surface area contributed by atoms with Crippen molar-refractivity contribution in [1.29, 1.82) is 0 Å². The number of Topliss-reactive ketones (excluding diaryl/α,β-unsaturated/α-hetero) is 1. The molecule has 5 rings (SSSR count). The number of nitrogens with zero attached hydrogens (tertiary/aromatic N) is 1. The van der Waals surface area contributed by atoms with Gasteiger partial charge in [-0.05, 0) is 62.1 Å². The van der Waals surface area contributed by atoms with Crippen molar-refractivity contribution in [2.24, 2.45) is 0 Å². The van der Waals surface area contributed by atoms with Gasteiger partial charge in [0, 0.05) is 41.1 Å². The number of ketones is 1. The summed E-state index contributed by atoms with van der Waals surface area (Å²) in [5, 5.41) is 6.24. The lowest BCUT2D eigenvalue weighted by Gasteiger charge is -2.34. The zero-order chi connectivity index (χ0) is 21.5. The van der Waals surface area contributed by atoms with E-state index < -0.39 is 5.92 Å². The molecule has 31 heavy (non-hydrogen) atoms. The summed E-state index contributed by atoms with van der Waals surface area (Å²) in [7, 11) is 0. The molecule has 1 atom stereocenters. The van der Waals surface area contributed by atoms with Gasteiger partial charge in [-0.2, -0.15) is 0 Å². The third-order valence-corrected chi connectivity index (χ3v) is 5.91. The van der Waals surface area contributed by atoms with Crippen LogP contribution in [0.1, 0.15) is 43.2 Å². The van der Waals surface area contributed by atoms with Crippen LogP contribution in [0, 0.1) is 6.92 Å². The molecule has 158 valence electrons. The summed E-state index contributed by atoms with van der Waals surface area (Å²) in [5.74, 6) is 1.07. The quantitative estimate of drug-likeness (QED) is 0.791. The van der Waals surface area contributed by atoms with Crippen LogP contribution in [0.25, 0.3) is 0 Å². The van der Waals surface area contributed by atoms with Gasteiger partial charge in [0.05, 0.1) is 0 Å². The Morgan fingerprint density at radius 3 is 2.81 bits per heavy atom. The smallest absolute Gasteiger partial charge is 0.255 e. The molecule has 0 bridgehead atoms. The highest BCUT2D eigenvalue weighted by molar-refractivity contribution is 6.09. The molecule has 1 aliphatic carbocycles. The van der Waals surface area contributed by atoms with Crippen molar-refractivity contribution in [2.75, 3.05) is 12.1 Å². The molecule has 7 heteroatoms. The Hall–Kier alpha value is -3.61. The number of amides is 1. The molecule has 1 amide bonds. The topological polar surface area (TPSA) is 89.6 Å². The van der Waals surface area contributed by atoms with E-state index in [4.69, 9.17) is 9.47 Å². The van der Waals surface area contributed by atoms with E-state index in [1.165, 1.54) is 0 Å². The number of dihydropyridines is 1. The Bertz CT molecular complexity index is 1170. The molecule has 2 aromatic rings. The van der Waals surface area contributed by atoms with Crippen molar-refractivity contribution >= 4 is 17.5 Å². The van der Waals surface area contributed by atoms with Gasteiger partial charge in [0.1, 0.15) is 5.82 Å². The van der Waals surface area contributed by atoms with Crippen molar-refractivity contribution in [1.82, 2.24) is 10.3 Å². The van der Waals surface area contributed by atoms with Gasteiger partial charge in [-0.15, -0.1) is 0 Å². The van der Waals surface area contributed by atoms with E-state index in [2.05, 4.69) is 15.6 Å². The number of allylic oxidation sites excluding steroid dienone is 3. The minimum atomic E-state index is -0.483. The fourth-order valence-corrected chi connectivity index (χ4v) is 4.50. The van der Waals surface area contributed by atoms with Gasteiger partial charge >= 0.3 is 0 Å². The van der Waals surface area contributed by atoms with E-state index in [0.29, 0.717) is 34.9 Å². The van der Waals surface area contributed by atoms with Crippen LogP contribution in [0.2, 0.25) is 0 Å². The lowest BCUT2D eigenvalue weighted by molar-refractivity contribution is -0.116. The van der Waals surface area contributed by atoms with Gasteiger partial charge in [-0.1, -0.05) is 6.07 Å². The average Bonchev–Trinajstić information content (AvgIpc) is 3.20. The second-order valence-electron chi connectivity index (χ2n) is 8.05. The van der Waals surface area contributed by atoms with Crippen molar-refractivity contribution < 1.29 is 19.1 Å². The van der Waals surface area contributed by atoms with Gasteiger partial charge in [-0.3, -0.25) is 9.59 Å². The predicted molar refractivity (Wildman–Crippen MR) is 115 cm³/mol. The number of ether oxygens (including phenoxy) is 2. The first kappa shape index (κ1) is 19.4. The number of aryl methyl sites for hydroxylation is 1. The Morgan fingerprint density at radius 2 is 1.97 bits per heavy atom. The Labute approximate surface area is 180 Å². The second kappa shape index (κ2) is 7.58. The number of nitrogens with one attached hydrogen (secondary N) is 2. The molecular formula is C24H23N3O4. The van der Waals surface area contributed by atoms with Gasteiger partial charge < -0.3 is 20.1 Å². The number of carbonyl (C=O) groups excluding carboxylic acids is 2. The highest BCUT2D eigenvalue weighted by Crippen LogP contribution is 2.45. The molecule has 2 aliphatic heterocycles. The summed E-state index contributed by atoms with van der Waals surface area (Å²) in [5.41, 5.74) is 4.64. The molecule has 0 saturated carbocycles. The standard InChI is InChI=1S/C24H23N3O4/c1-13-8-9-25-20(10-13)27-24(29)21-14(2)26-16-4-3-5-17(28)23(16)22(21)15-6-7-18-19(11-15)31-12-30-18/h6-11,22,26H,3-5,12H2,1-2H3,(H,25,27,29)/t22-/m0/s1. The predicted octanol–water partition coefficient (Wildman–Crippen LogP) is 3.73. The van der Waals surface area contributed by atoms with E-state index in [0.717, 1.165) is 35.4 Å². The Balaban J connectivity index is 1.59. The van der Waals surface area contributed by atoms with Crippen LogP contribution in [0.4, 0.5) is 5.82 Å². The lowest BCUT2D eigenvalue weighted by atomic mass is 9.75. The number of hydrogen-bond acceptors (Lipinski definition) is 6. The number of carbonyl (C=O) groups is 2. The first-order valence-electron chi connectivity index (χ1n) is 10.4. The molecular weight excluding hydrogens is 394 g/mol. The van der Waals surface area contributed by atoms with Crippen LogP contribution in [0.3, 0.4) is 0 Å². The number of pyridine rings is 1. The van der Waals surface area contributed by atoms with Gasteiger partial charge in [0.2, 0.25) is 6.79 Å². The summed E-state index contributed by atoms with van der Waals surface area (Å²) in [6.45, 7) is 3.98. The van der Waals surface area contributed by atoms with Crippen molar-refractivity contribution in [3.05, 3.63) is 70.2 Å². The van der Waals surface area contributed by atoms with Crippen LogP contribution in [-0.4, -0.2) is 23.5 Å². The lowest BCUT2D eigenvalue weighted by Crippen LogP contribution is -2.35. The number of aromatic nitrogens is 1. The maximum Gasteiger partial charge on any atom is 0.255 e. The molecule has 7 nitrogen and oxygen atoms in total. The van der Waals surface area contributed by atoms with E-state index in [1.807, 2.05) is 44.2 Å². The first-order valence-corrected chi connectivity index (χ1v) is 10.4. The summed E-state index contributed by atoms with van der Waals surface area (Å²) >= 11 is 0. The molecule has 2 N–H and O–H groups in total. The van der Waals surface area contributed by atoms with Gasteiger partial charge in [-0.25, -0.2) is 4.98 Å². The first-order chi connectivity index (χ1) is 15.0. The van der Waals surface area contributed by atoms with E-state index in [9.17, 15) is 9.59 Å². The summed E-state index contributed by atoms with van der Waals surface area (Å²) in [4.78, 5) is 30.7. The molecule has 3 heterocycles. The van der Waals surface area contributed by atoms with Crippen LogP contribution in [-0.2, 0) is 9.59 Å². The number of fused-ring (bicyclic) bond motifs is 1. The molecule has 0 spiro atoms. The van der Waals surface area contributed by atoms with Crippen LogP contribution in [0.15, 0.2) is 59.1 Å². The summed E-state index contributed by atoms with van der Waals surface area (Å²) < 4.78 is 11.0. The maximum atomic E-state index is 13.4. The maximum absolute atomic E-state index is 13.4. The zero-order valence-corrected chi connectivity index (χ0v) is 17.5. The molecule has 0 unspecified atom stereocenters. The van der Waals surface area contributed by atoms with Crippen LogP contribution in [0.5, 0.6) is 11.5 Å². The second-order valence-corrected chi connectivity index (χ2v) is 8.05. The van der Waals surface area contributed by atoms with Crippen LogP contribution >= 0.6 is 0 Å². The monoisotopic (exact) mass is 417 g/mol. The Morgan fingerprint density at radius 1 is 1.13 bits per heavy atom. The third-order valence-electron chi connectivity index (χ3n) is 5.91. The molecule has 1 aromatic heterocycles. The summed E-state index contributed by atoms with van der Waals surface area (Å²) in [6, 6.07) is 9.30. The van der Waals surface area contributed by atoms with E-state index >= 15 is 0 Å². The van der Waals surface area contributed by atoms with Crippen molar-refractivity contribution in [3.63, 3.8) is 0 Å². The molecule has 0 fully saturated rings. The molecule has 1 aromatic carbocycles. The number of rotatable bonds is 3. The summed E-state index contributed by atoms with van der Waals surface area (Å²) in [6.07, 6.45) is 3.73. The Kier molecular flexibility index (Phi) is 4.73. The van der Waals surface area contributed by atoms with Crippen molar-refractivity contribution in [2.45, 2.75) is 39.0 Å².